The molecule has 0 saturated heterocycles. The van der Waals surface area contributed by atoms with Gasteiger partial charge >= 0.3 is 5.97 Å². The Morgan fingerprint density at radius 3 is 2.33 bits per heavy atom. The SMILES string of the molecule is CCC/C(=C(/C)Cc1c(F)cc(/C=C/C(=O)O)cc1F)c1cc(OC)ccc1CC. The summed E-state index contributed by atoms with van der Waals surface area (Å²) in [6.45, 7) is 6.05. The van der Waals surface area contributed by atoms with E-state index in [1.165, 1.54) is 6.08 Å². The number of halogens is 2. The molecule has 0 aromatic heterocycles. The van der Waals surface area contributed by atoms with Crippen LogP contribution < -0.4 is 4.74 Å². The maximum atomic E-state index is 14.6. The van der Waals surface area contributed by atoms with E-state index in [-0.39, 0.29) is 17.5 Å². The number of rotatable bonds is 9. The summed E-state index contributed by atoms with van der Waals surface area (Å²) in [6, 6.07) is 8.26. The first kappa shape index (κ1) is 23.3. The van der Waals surface area contributed by atoms with Gasteiger partial charge in [0, 0.05) is 11.6 Å². The highest BCUT2D eigenvalue weighted by atomic mass is 19.1. The zero-order valence-electron chi connectivity index (χ0n) is 17.9. The van der Waals surface area contributed by atoms with Gasteiger partial charge in [0.25, 0.3) is 0 Å². The van der Waals surface area contributed by atoms with E-state index in [0.717, 1.165) is 65.5 Å². The summed E-state index contributed by atoms with van der Waals surface area (Å²) in [5.74, 6) is -1.79. The van der Waals surface area contributed by atoms with Crippen molar-refractivity contribution in [1.29, 1.82) is 0 Å². The van der Waals surface area contributed by atoms with Gasteiger partial charge in [0.2, 0.25) is 0 Å². The van der Waals surface area contributed by atoms with Crippen LogP contribution in [0.25, 0.3) is 11.6 Å². The first-order valence-electron chi connectivity index (χ1n) is 10.0. The fourth-order valence-corrected chi connectivity index (χ4v) is 3.53. The first-order chi connectivity index (χ1) is 14.3. The second-order valence-electron chi connectivity index (χ2n) is 7.20. The molecule has 0 amide bonds. The lowest BCUT2D eigenvalue weighted by molar-refractivity contribution is -0.131. The minimum Gasteiger partial charge on any atom is -0.497 e. The Hall–Kier alpha value is -2.95. The number of aryl methyl sites for hydroxylation is 1. The molecule has 0 bridgehead atoms. The minimum absolute atomic E-state index is 0.0190. The van der Waals surface area contributed by atoms with E-state index in [9.17, 15) is 13.6 Å². The van der Waals surface area contributed by atoms with Crippen LogP contribution in [0.2, 0.25) is 0 Å². The van der Waals surface area contributed by atoms with Crippen LogP contribution in [-0.2, 0) is 17.6 Å². The van der Waals surface area contributed by atoms with Gasteiger partial charge in [-0.2, -0.15) is 0 Å². The average molecular weight is 414 g/mol. The molecule has 2 aromatic carbocycles. The molecule has 1 N–H and O–H groups in total. The Labute approximate surface area is 176 Å². The van der Waals surface area contributed by atoms with E-state index >= 15 is 0 Å². The van der Waals surface area contributed by atoms with E-state index in [2.05, 4.69) is 13.8 Å². The Balaban J connectivity index is 2.50. The molecule has 0 aliphatic rings. The fraction of sp³-hybridized carbons (Fsp3) is 0.320. The smallest absolute Gasteiger partial charge is 0.328 e. The predicted octanol–water partition coefficient (Wildman–Crippen LogP) is 6.45. The van der Waals surface area contributed by atoms with Gasteiger partial charge in [-0.15, -0.1) is 0 Å². The Bertz CT molecular complexity index is 951. The number of methoxy groups -OCH3 is 1. The van der Waals surface area contributed by atoms with Crippen molar-refractivity contribution in [3.63, 3.8) is 0 Å². The van der Waals surface area contributed by atoms with Gasteiger partial charge in [0.15, 0.2) is 0 Å². The molecule has 0 radical (unpaired) electrons. The van der Waals surface area contributed by atoms with Gasteiger partial charge in [-0.1, -0.05) is 31.9 Å². The zero-order valence-corrected chi connectivity index (χ0v) is 17.9. The van der Waals surface area contributed by atoms with Crippen molar-refractivity contribution in [2.75, 3.05) is 7.11 Å². The maximum Gasteiger partial charge on any atom is 0.328 e. The molecule has 0 unspecified atom stereocenters. The molecule has 30 heavy (non-hydrogen) atoms. The molecule has 0 fully saturated rings. The Morgan fingerprint density at radius 1 is 1.13 bits per heavy atom. The number of benzene rings is 2. The van der Waals surface area contributed by atoms with Crippen LogP contribution in [0.15, 0.2) is 42.0 Å². The van der Waals surface area contributed by atoms with Gasteiger partial charge in [-0.05, 0) is 78.8 Å². The largest absolute Gasteiger partial charge is 0.497 e. The molecule has 3 nitrogen and oxygen atoms in total. The molecule has 0 heterocycles. The number of carbonyl (C=O) groups is 1. The highest BCUT2D eigenvalue weighted by molar-refractivity contribution is 5.85. The summed E-state index contributed by atoms with van der Waals surface area (Å²) in [7, 11) is 1.62. The van der Waals surface area contributed by atoms with E-state index in [1.807, 2.05) is 25.1 Å². The molecule has 2 rings (SSSR count). The zero-order chi connectivity index (χ0) is 22.3. The quantitative estimate of drug-likeness (QED) is 0.480. The summed E-state index contributed by atoms with van der Waals surface area (Å²) < 4.78 is 34.7. The molecule has 0 saturated carbocycles. The van der Waals surface area contributed by atoms with Crippen LogP contribution >= 0.6 is 0 Å². The van der Waals surface area contributed by atoms with Crippen molar-refractivity contribution in [2.45, 2.75) is 46.5 Å². The number of aliphatic carboxylic acids is 1. The molecule has 0 aliphatic carbocycles. The van der Waals surface area contributed by atoms with Crippen LogP contribution in [0.1, 0.15) is 55.9 Å². The lowest BCUT2D eigenvalue weighted by atomic mass is 9.89. The third-order valence-electron chi connectivity index (χ3n) is 5.06. The third-order valence-corrected chi connectivity index (χ3v) is 5.06. The number of ether oxygens (including phenoxy) is 1. The molecule has 5 heteroatoms. The van der Waals surface area contributed by atoms with Crippen LogP contribution in [0.5, 0.6) is 5.75 Å². The van der Waals surface area contributed by atoms with Crippen molar-refractivity contribution in [3.8, 4) is 5.75 Å². The Morgan fingerprint density at radius 2 is 1.80 bits per heavy atom. The molecule has 0 atom stereocenters. The molecule has 0 aliphatic heterocycles. The molecule has 2 aromatic rings. The lowest BCUT2D eigenvalue weighted by Crippen LogP contribution is -2.02. The van der Waals surface area contributed by atoms with Gasteiger partial charge in [-0.25, -0.2) is 13.6 Å². The van der Waals surface area contributed by atoms with Crippen molar-refractivity contribution in [3.05, 3.63) is 75.9 Å². The lowest BCUT2D eigenvalue weighted by Gasteiger charge is -2.18. The van der Waals surface area contributed by atoms with Crippen LogP contribution in [0, 0.1) is 11.6 Å². The van der Waals surface area contributed by atoms with E-state index < -0.39 is 17.6 Å². The maximum absolute atomic E-state index is 14.6. The fourth-order valence-electron chi connectivity index (χ4n) is 3.53. The number of hydrogen-bond acceptors (Lipinski definition) is 2. The van der Waals surface area contributed by atoms with E-state index in [0.29, 0.717) is 0 Å². The average Bonchev–Trinajstić information content (AvgIpc) is 2.72. The topological polar surface area (TPSA) is 46.5 Å². The minimum atomic E-state index is -1.17. The molecule has 0 spiro atoms. The Kier molecular flexibility index (Phi) is 8.34. The van der Waals surface area contributed by atoms with Gasteiger partial charge in [0.05, 0.1) is 7.11 Å². The summed E-state index contributed by atoms with van der Waals surface area (Å²) in [5, 5.41) is 8.70. The second-order valence-corrected chi connectivity index (χ2v) is 7.20. The standard InChI is InChI=1S/C25H28F2O3/c1-5-7-20(21-15-19(30-4)10-9-18(21)6-2)16(3)12-22-23(26)13-17(14-24(22)27)8-11-25(28)29/h8-11,13-15H,5-7,12H2,1-4H3,(H,28,29)/b11-8+,20-16+. The van der Waals surface area contributed by atoms with Crippen LogP contribution in [-0.4, -0.2) is 18.2 Å². The molecule has 160 valence electrons. The van der Waals surface area contributed by atoms with Crippen molar-refractivity contribution < 1.29 is 23.4 Å². The van der Waals surface area contributed by atoms with E-state index in [1.54, 1.807) is 7.11 Å². The second kappa shape index (κ2) is 10.7. The van der Waals surface area contributed by atoms with Crippen LogP contribution in [0.3, 0.4) is 0 Å². The van der Waals surface area contributed by atoms with Gasteiger partial charge < -0.3 is 9.84 Å². The normalized spacial score (nSPS) is 12.2. The predicted molar refractivity (Wildman–Crippen MR) is 117 cm³/mol. The highest BCUT2D eigenvalue weighted by Crippen LogP contribution is 2.32. The highest BCUT2D eigenvalue weighted by Gasteiger charge is 2.16. The van der Waals surface area contributed by atoms with Gasteiger partial charge in [0.1, 0.15) is 17.4 Å². The summed E-state index contributed by atoms with van der Waals surface area (Å²) in [6.07, 6.45) is 4.69. The molecular formula is C25H28F2O3. The third kappa shape index (κ3) is 5.78. The summed E-state index contributed by atoms with van der Waals surface area (Å²) in [4.78, 5) is 10.6. The number of carboxylic acids is 1. The number of carboxylic acid groups (broad SMARTS) is 1. The van der Waals surface area contributed by atoms with E-state index in [4.69, 9.17) is 9.84 Å². The van der Waals surface area contributed by atoms with Crippen molar-refractivity contribution in [1.82, 2.24) is 0 Å². The van der Waals surface area contributed by atoms with Crippen molar-refractivity contribution in [2.24, 2.45) is 0 Å². The van der Waals surface area contributed by atoms with Crippen LogP contribution in [0.4, 0.5) is 8.78 Å². The molecular weight excluding hydrogens is 386 g/mol. The monoisotopic (exact) mass is 414 g/mol. The summed E-state index contributed by atoms with van der Waals surface area (Å²) in [5.41, 5.74) is 4.34. The van der Waals surface area contributed by atoms with Gasteiger partial charge in [-0.3, -0.25) is 0 Å². The summed E-state index contributed by atoms with van der Waals surface area (Å²) >= 11 is 0. The number of allylic oxidation sites excluding steroid dienone is 2. The number of hydrogen-bond donors (Lipinski definition) is 1. The first-order valence-corrected chi connectivity index (χ1v) is 10.0. The van der Waals surface area contributed by atoms with Crippen molar-refractivity contribution >= 4 is 17.6 Å².